The van der Waals surface area contributed by atoms with E-state index in [1.165, 1.54) is 16.7 Å². The van der Waals surface area contributed by atoms with Gasteiger partial charge in [-0.05, 0) is 48.8 Å². The number of carbonyl (C=O) groups is 2. The van der Waals surface area contributed by atoms with Gasteiger partial charge < -0.3 is 0 Å². The lowest BCUT2D eigenvalue weighted by atomic mass is 9.83. The normalized spacial score (nSPS) is 21.9. The van der Waals surface area contributed by atoms with E-state index >= 15 is 0 Å². The highest BCUT2D eigenvalue weighted by Gasteiger charge is 2.43. The molecule has 1 saturated carbocycles. The predicted molar refractivity (Wildman–Crippen MR) is 90.3 cm³/mol. The number of benzene rings is 1. The van der Waals surface area contributed by atoms with Crippen molar-refractivity contribution in [3.8, 4) is 0 Å². The lowest BCUT2D eigenvalue weighted by Crippen LogP contribution is -2.19. The van der Waals surface area contributed by atoms with Crippen molar-refractivity contribution in [2.24, 2.45) is 11.8 Å². The quantitative estimate of drug-likeness (QED) is 0.755. The Morgan fingerprint density at radius 3 is 2.09 bits per heavy atom. The molecule has 0 N–H and O–H groups in total. The number of hydrogen-bond donors (Lipinski definition) is 0. The van der Waals surface area contributed by atoms with Crippen LogP contribution in [-0.4, -0.2) is 11.6 Å². The third-order valence-electron chi connectivity index (χ3n) is 4.76. The molecule has 0 heterocycles. The molecule has 1 aliphatic carbocycles. The first kappa shape index (κ1) is 16.9. The van der Waals surface area contributed by atoms with E-state index in [4.69, 9.17) is 0 Å². The molecule has 2 atom stereocenters. The minimum atomic E-state index is -0.505. The van der Waals surface area contributed by atoms with Crippen LogP contribution in [0.2, 0.25) is 0 Å². The number of rotatable bonds is 5. The summed E-state index contributed by atoms with van der Waals surface area (Å²) in [5.74, 6) is 0.160. The SMILES string of the molecule is CCc1cc(C)cc(CC)c1C1C(=O)CC(CC(C)C)C1=O. The fourth-order valence-corrected chi connectivity index (χ4v) is 3.84. The third-order valence-corrected chi connectivity index (χ3v) is 4.76. The molecule has 1 aliphatic rings. The number of carbonyl (C=O) groups excluding carboxylic acids is 2. The van der Waals surface area contributed by atoms with Gasteiger partial charge in [-0.2, -0.15) is 0 Å². The molecule has 2 rings (SSSR count). The van der Waals surface area contributed by atoms with Gasteiger partial charge >= 0.3 is 0 Å². The largest absolute Gasteiger partial charge is 0.298 e. The highest BCUT2D eigenvalue weighted by molar-refractivity contribution is 6.15. The van der Waals surface area contributed by atoms with E-state index in [1.54, 1.807) is 0 Å². The zero-order valence-electron chi connectivity index (χ0n) is 14.5. The Balaban J connectivity index is 2.47. The van der Waals surface area contributed by atoms with Crippen LogP contribution in [0.5, 0.6) is 0 Å². The maximum atomic E-state index is 12.9. The number of Topliss-reactive ketones (excluding diaryl/α,β-unsaturated/α-hetero) is 2. The van der Waals surface area contributed by atoms with E-state index in [-0.39, 0.29) is 17.5 Å². The van der Waals surface area contributed by atoms with Crippen LogP contribution in [0, 0.1) is 18.8 Å². The summed E-state index contributed by atoms with van der Waals surface area (Å²) in [6, 6.07) is 4.29. The minimum Gasteiger partial charge on any atom is -0.298 e. The molecule has 0 amide bonds. The van der Waals surface area contributed by atoms with Gasteiger partial charge in [0.1, 0.15) is 11.7 Å². The smallest absolute Gasteiger partial charge is 0.151 e. The van der Waals surface area contributed by atoms with E-state index in [1.807, 2.05) is 0 Å². The Morgan fingerprint density at radius 2 is 1.64 bits per heavy atom. The second-order valence-corrected chi connectivity index (χ2v) is 7.04. The zero-order valence-corrected chi connectivity index (χ0v) is 14.5. The molecule has 0 aromatic heterocycles. The molecule has 0 saturated heterocycles. The average Bonchev–Trinajstić information content (AvgIpc) is 2.72. The zero-order chi connectivity index (χ0) is 16.4. The standard InChI is InChI=1S/C20H28O2/c1-6-14-9-13(5)10-15(7-2)18(14)19-17(21)11-16(20(19)22)8-12(3)4/h9-10,12,16,19H,6-8,11H2,1-5H3. The first-order valence-corrected chi connectivity index (χ1v) is 8.57. The molecule has 2 unspecified atom stereocenters. The summed E-state index contributed by atoms with van der Waals surface area (Å²) in [5.41, 5.74) is 4.59. The molecule has 2 heteroatoms. The van der Waals surface area contributed by atoms with Gasteiger partial charge in [0.15, 0.2) is 5.78 Å². The molecule has 0 aliphatic heterocycles. The Bertz CT molecular complexity index is 558. The molecule has 120 valence electrons. The van der Waals surface area contributed by atoms with Gasteiger partial charge in [0, 0.05) is 12.3 Å². The summed E-state index contributed by atoms with van der Waals surface area (Å²) in [4.78, 5) is 25.4. The van der Waals surface area contributed by atoms with Gasteiger partial charge in [0.2, 0.25) is 0 Å². The van der Waals surface area contributed by atoms with E-state index < -0.39 is 5.92 Å². The van der Waals surface area contributed by atoms with Crippen LogP contribution < -0.4 is 0 Å². The van der Waals surface area contributed by atoms with Crippen molar-refractivity contribution >= 4 is 11.6 Å². The first-order valence-electron chi connectivity index (χ1n) is 8.57. The van der Waals surface area contributed by atoms with E-state index in [9.17, 15) is 9.59 Å². The monoisotopic (exact) mass is 300 g/mol. The molecule has 1 aromatic rings. The topological polar surface area (TPSA) is 34.1 Å². The average molecular weight is 300 g/mol. The van der Waals surface area contributed by atoms with Crippen molar-refractivity contribution in [3.05, 3.63) is 34.4 Å². The maximum Gasteiger partial charge on any atom is 0.151 e. The van der Waals surface area contributed by atoms with Gasteiger partial charge in [-0.15, -0.1) is 0 Å². The fourth-order valence-electron chi connectivity index (χ4n) is 3.84. The molecule has 0 spiro atoms. The summed E-state index contributed by atoms with van der Waals surface area (Å²) in [7, 11) is 0. The van der Waals surface area contributed by atoms with E-state index in [0.717, 1.165) is 24.8 Å². The summed E-state index contributed by atoms with van der Waals surface area (Å²) in [5, 5.41) is 0. The lowest BCUT2D eigenvalue weighted by Gasteiger charge is -2.19. The third kappa shape index (κ3) is 3.16. The van der Waals surface area contributed by atoms with E-state index in [2.05, 4.69) is 46.8 Å². The minimum absolute atomic E-state index is 0.0757. The van der Waals surface area contributed by atoms with Crippen molar-refractivity contribution in [2.45, 2.75) is 66.2 Å². The summed E-state index contributed by atoms with van der Waals surface area (Å²) in [6.07, 6.45) is 3.00. The molecule has 22 heavy (non-hydrogen) atoms. The second-order valence-electron chi connectivity index (χ2n) is 7.04. The van der Waals surface area contributed by atoms with Crippen molar-refractivity contribution in [3.63, 3.8) is 0 Å². The Morgan fingerprint density at radius 1 is 1.09 bits per heavy atom. The molecule has 0 bridgehead atoms. The van der Waals surface area contributed by atoms with Gasteiger partial charge in [-0.1, -0.05) is 45.4 Å². The molecular weight excluding hydrogens is 272 g/mol. The number of ketones is 2. The Hall–Kier alpha value is -1.44. The van der Waals surface area contributed by atoms with Crippen LogP contribution in [0.1, 0.15) is 68.7 Å². The van der Waals surface area contributed by atoms with Crippen LogP contribution in [0.3, 0.4) is 0 Å². The van der Waals surface area contributed by atoms with Gasteiger partial charge in [-0.3, -0.25) is 9.59 Å². The Kier molecular flexibility index (Phi) is 5.20. The van der Waals surface area contributed by atoms with Crippen LogP contribution in [-0.2, 0) is 22.4 Å². The lowest BCUT2D eigenvalue weighted by molar-refractivity contribution is -0.125. The molecule has 1 fully saturated rings. The number of aryl methyl sites for hydroxylation is 3. The van der Waals surface area contributed by atoms with Crippen molar-refractivity contribution < 1.29 is 9.59 Å². The number of hydrogen-bond acceptors (Lipinski definition) is 2. The van der Waals surface area contributed by atoms with Crippen LogP contribution in [0.25, 0.3) is 0 Å². The highest BCUT2D eigenvalue weighted by atomic mass is 16.2. The van der Waals surface area contributed by atoms with Crippen molar-refractivity contribution in [1.29, 1.82) is 0 Å². The van der Waals surface area contributed by atoms with Crippen molar-refractivity contribution in [2.75, 3.05) is 0 Å². The van der Waals surface area contributed by atoms with Crippen LogP contribution in [0.15, 0.2) is 12.1 Å². The second kappa shape index (κ2) is 6.76. The molecular formula is C20H28O2. The van der Waals surface area contributed by atoms with Gasteiger partial charge in [-0.25, -0.2) is 0 Å². The fraction of sp³-hybridized carbons (Fsp3) is 0.600. The summed E-state index contributed by atoms with van der Waals surface area (Å²) < 4.78 is 0. The van der Waals surface area contributed by atoms with Gasteiger partial charge in [0.05, 0.1) is 0 Å². The predicted octanol–water partition coefficient (Wildman–Crippen LogP) is 4.41. The Labute approximate surface area is 134 Å². The van der Waals surface area contributed by atoms with Crippen molar-refractivity contribution in [1.82, 2.24) is 0 Å². The first-order chi connectivity index (χ1) is 10.4. The van der Waals surface area contributed by atoms with Gasteiger partial charge in [0.25, 0.3) is 0 Å². The molecule has 1 aromatic carbocycles. The molecule has 2 nitrogen and oxygen atoms in total. The van der Waals surface area contributed by atoms with Crippen LogP contribution in [0.4, 0.5) is 0 Å². The maximum absolute atomic E-state index is 12.9. The highest BCUT2D eigenvalue weighted by Crippen LogP contribution is 2.39. The van der Waals surface area contributed by atoms with E-state index in [0.29, 0.717) is 12.3 Å². The molecule has 0 radical (unpaired) electrons. The van der Waals surface area contributed by atoms with Crippen LogP contribution >= 0.6 is 0 Å². The summed E-state index contributed by atoms with van der Waals surface area (Å²) >= 11 is 0. The summed E-state index contributed by atoms with van der Waals surface area (Å²) in [6.45, 7) is 10.5.